The van der Waals surface area contributed by atoms with E-state index >= 15 is 0 Å². The molecule has 0 spiro atoms. The van der Waals surface area contributed by atoms with Crippen LogP contribution >= 0.6 is 11.8 Å². The van der Waals surface area contributed by atoms with Crippen LogP contribution in [0.15, 0.2) is 75.6 Å². The second kappa shape index (κ2) is 8.59. The first kappa shape index (κ1) is 20.0. The van der Waals surface area contributed by atoms with Crippen molar-refractivity contribution in [3.8, 4) is 17.1 Å². The Morgan fingerprint density at radius 3 is 2.83 bits per heavy atom. The van der Waals surface area contributed by atoms with Crippen LogP contribution < -0.4 is 10.4 Å². The molecule has 0 aliphatic heterocycles. The van der Waals surface area contributed by atoms with Crippen LogP contribution in [0.1, 0.15) is 11.1 Å². The Balaban J connectivity index is 1.70. The Morgan fingerprint density at radius 2 is 2.03 bits per heavy atom. The average Bonchev–Trinajstić information content (AvgIpc) is 3.14. The summed E-state index contributed by atoms with van der Waals surface area (Å²) in [6.45, 7) is 6.39. The van der Waals surface area contributed by atoms with Gasteiger partial charge in [0.25, 0.3) is 0 Å². The molecule has 0 unspecified atom stereocenters. The molecule has 30 heavy (non-hydrogen) atoms. The first-order valence-corrected chi connectivity index (χ1v) is 10.4. The van der Waals surface area contributed by atoms with E-state index in [0.29, 0.717) is 23.7 Å². The smallest absolute Gasteiger partial charge is 0.336 e. The van der Waals surface area contributed by atoms with Gasteiger partial charge in [0.05, 0.1) is 12.7 Å². The van der Waals surface area contributed by atoms with E-state index in [4.69, 9.17) is 9.15 Å². The van der Waals surface area contributed by atoms with Gasteiger partial charge in [0.15, 0.2) is 11.0 Å². The van der Waals surface area contributed by atoms with Crippen molar-refractivity contribution >= 4 is 22.7 Å². The summed E-state index contributed by atoms with van der Waals surface area (Å²) in [5.74, 6) is 2.00. The van der Waals surface area contributed by atoms with Gasteiger partial charge in [-0.2, -0.15) is 0 Å². The largest absolute Gasteiger partial charge is 0.496 e. The van der Waals surface area contributed by atoms with Crippen LogP contribution in [0.3, 0.4) is 0 Å². The minimum Gasteiger partial charge on any atom is -0.496 e. The summed E-state index contributed by atoms with van der Waals surface area (Å²) >= 11 is 1.52. The number of fused-ring (bicyclic) bond motifs is 1. The van der Waals surface area contributed by atoms with Crippen molar-refractivity contribution < 1.29 is 9.15 Å². The minimum atomic E-state index is -0.356. The molecule has 0 saturated heterocycles. The van der Waals surface area contributed by atoms with Crippen molar-refractivity contribution in [2.45, 2.75) is 24.4 Å². The van der Waals surface area contributed by atoms with Gasteiger partial charge in [0.2, 0.25) is 0 Å². The van der Waals surface area contributed by atoms with E-state index in [0.717, 1.165) is 33.0 Å². The van der Waals surface area contributed by atoms with Crippen LogP contribution in [-0.4, -0.2) is 21.9 Å². The normalized spacial score (nSPS) is 11.0. The maximum atomic E-state index is 12.0. The van der Waals surface area contributed by atoms with E-state index < -0.39 is 0 Å². The molecule has 0 fully saturated rings. The number of aromatic nitrogens is 3. The Labute approximate surface area is 178 Å². The fourth-order valence-corrected chi connectivity index (χ4v) is 4.26. The van der Waals surface area contributed by atoms with Gasteiger partial charge in [-0.25, -0.2) is 4.79 Å². The Bertz CT molecular complexity index is 1280. The highest BCUT2D eigenvalue weighted by atomic mass is 32.2. The third kappa shape index (κ3) is 3.89. The number of methoxy groups -OCH3 is 1. The Hall–Kier alpha value is -3.32. The lowest BCUT2D eigenvalue weighted by atomic mass is 10.1. The number of allylic oxidation sites excluding steroid dienone is 1. The fourth-order valence-electron chi connectivity index (χ4n) is 3.32. The van der Waals surface area contributed by atoms with Crippen LogP contribution in [0.25, 0.3) is 22.4 Å². The van der Waals surface area contributed by atoms with Crippen molar-refractivity contribution in [2.24, 2.45) is 0 Å². The van der Waals surface area contributed by atoms with Gasteiger partial charge in [-0.05, 0) is 36.2 Å². The molecule has 0 N–H and O–H groups in total. The zero-order valence-electron chi connectivity index (χ0n) is 16.8. The molecule has 0 aliphatic rings. The number of benzene rings is 2. The highest BCUT2D eigenvalue weighted by molar-refractivity contribution is 7.98. The number of aryl methyl sites for hydroxylation is 1. The van der Waals surface area contributed by atoms with Gasteiger partial charge in [-0.15, -0.1) is 16.8 Å². The van der Waals surface area contributed by atoms with Gasteiger partial charge in [0.1, 0.15) is 11.3 Å². The number of thioether (sulfide) groups is 1. The molecule has 0 saturated carbocycles. The molecule has 4 rings (SSSR count). The van der Waals surface area contributed by atoms with E-state index in [1.165, 1.54) is 11.8 Å². The molecule has 2 heterocycles. The molecule has 0 aliphatic carbocycles. The number of hydrogen-bond donors (Lipinski definition) is 0. The molecule has 6 nitrogen and oxygen atoms in total. The SMILES string of the molecule is C=CCn1c(SCc2cc(=O)oc3cc(C)ccc23)nnc1-c1ccccc1OC. The molecular formula is C23H21N3O3S. The van der Waals surface area contributed by atoms with E-state index in [9.17, 15) is 4.79 Å². The predicted molar refractivity (Wildman–Crippen MR) is 119 cm³/mol. The van der Waals surface area contributed by atoms with Crippen molar-refractivity contribution in [3.63, 3.8) is 0 Å². The summed E-state index contributed by atoms with van der Waals surface area (Å²) in [5.41, 5.74) is 3.05. The van der Waals surface area contributed by atoms with Crippen LogP contribution in [-0.2, 0) is 12.3 Å². The van der Waals surface area contributed by atoms with E-state index in [1.807, 2.05) is 60.0 Å². The summed E-state index contributed by atoms with van der Waals surface area (Å²) in [4.78, 5) is 12.0. The summed E-state index contributed by atoms with van der Waals surface area (Å²) < 4.78 is 12.8. The van der Waals surface area contributed by atoms with Crippen LogP contribution in [0.2, 0.25) is 0 Å². The molecule has 0 bridgehead atoms. The third-order valence-electron chi connectivity index (χ3n) is 4.72. The third-order valence-corrected chi connectivity index (χ3v) is 5.73. The second-order valence-corrected chi connectivity index (χ2v) is 7.73. The lowest BCUT2D eigenvalue weighted by Crippen LogP contribution is -2.03. The minimum absolute atomic E-state index is 0.356. The summed E-state index contributed by atoms with van der Waals surface area (Å²) in [6.07, 6.45) is 1.81. The summed E-state index contributed by atoms with van der Waals surface area (Å²) in [7, 11) is 1.64. The standard InChI is InChI=1S/C23H21N3O3S/c1-4-11-26-22(18-7-5-6-8-19(18)28-3)24-25-23(26)30-14-16-13-21(27)29-20-12-15(2)9-10-17(16)20/h4-10,12-13H,1,11,14H2,2-3H3. The molecule has 2 aromatic heterocycles. The summed E-state index contributed by atoms with van der Waals surface area (Å²) in [5, 5.41) is 10.5. The van der Waals surface area contributed by atoms with Gasteiger partial charge in [0, 0.05) is 23.8 Å². The molecule has 152 valence electrons. The maximum absolute atomic E-state index is 12.0. The number of rotatable bonds is 7. The average molecular weight is 420 g/mol. The molecule has 0 radical (unpaired) electrons. The highest BCUT2D eigenvalue weighted by Gasteiger charge is 2.17. The van der Waals surface area contributed by atoms with Gasteiger partial charge in [-0.3, -0.25) is 4.57 Å². The number of hydrogen-bond acceptors (Lipinski definition) is 6. The van der Waals surface area contributed by atoms with Gasteiger partial charge < -0.3 is 9.15 Å². The van der Waals surface area contributed by atoms with Crippen molar-refractivity contribution in [3.05, 3.63) is 82.7 Å². The Morgan fingerprint density at radius 1 is 1.20 bits per heavy atom. The monoisotopic (exact) mass is 419 g/mol. The van der Waals surface area contributed by atoms with Crippen molar-refractivity contribution in [1.29, 1.82) is 0 Å². The zero-order chi connectivity index (χ0) is 21.1. The zero-order valence-corrected chi connectivity index (χ0v) is 17.6. The first-order valence-electron chi connectivity index (χ1n) is 9.44. The van der Waals surface area contributed by atoms with Crippen molar-refractivity contribution in [2.75, 3.05) is 7.11 Å². The number of para-hydroxylation sites is 1. The van der Waals surface area contributed by atoms with E-state index in [1.54, 1.807) is 13.2 Å². The van der Waals surface area contributed by atoms with Crippen molar-refractivity contribution in [1.82, 2.24) is 14.8 Å². The van der Waals surface area contributed by atoms with E-state index in [2.05, 4.69) is 16.8 Å². The maximum Gasteiger partial charge on any atom is 0.336 e. The fraction of sp³-hybridized carbons (Fsp3) is 0.174. The molecule has 4 aromatic rings. The highest BCUT2D eigenvalue weighted by Crippen LogP contribution is 2.32. The summed E-state index contributed by atoms with van der Waals surface area (Å²) in [6, 6.07) is 15.1. The molecule has 7 heteroatoms. The molecule has 0 atom stereocenters. The van der Waals surface area contributed by atoms with Crippen LogP contribution in [0, 0.1) is 6.92 Å². The van der Waals surface area contributed by atoms with E-state index in [-0.39, 0.29) is 5.63 Å². The topological polar surface area (TPSA) is 70.2 Å². The van der Waals surface area contributed by atoms with Crippen LogP contribution in [0.4, 0.5) is 0 Å². The second-order valence-electron chi connectivity index (χ2n) is 6.78. The Kier molecular flexibility index (Phi) is 5.72. The number of nitrogens with zero attached hydrogens (tertiary/aromatic N) is 3. The quantitative estimate of drug-likeness (QED) is 0.242. The van der Waals surface area contributed by atoms with Gasteiger partial charge in [-0.1, -0.05) is 42.1 Å². The molecular weight excluding hydrogens is 398 g/mol. The number of ether oxygens (including phenoxy) is 1. The first-order chi connectivity index (χ1) is 14.6. The predicted octanol–water partition coefficient (Wildman–Crippen LogP) is 4.85. The van der Waals surface area contributed by atoms with Gasteiger partial charge >= 0.3 is 5.63 Å². The molecule has 0 amide bonds. The van der Waals surface area contributed by atoms with Crippen LogP contribution in [0.5, 0.6) is 5.75 Å². The molecule has 2 aromatic carbocycles. The lowest BCUT2D eigenvalue weighted by molar-refractivity contribution is 0.416. The lowest BCUT2D eigenvalue weighted by Gasteiger charge is -2.11.